The predicted molar refractivity (Wildman–Crippen MR) is 99.4 cm³/mol. The Labute approximate surface area is 155 Å². The van der Waals surface area contributed by atoms with Crippen molar-refractivity contribution in [2.24, 2.45) is 0 Å². The average Bonchev–Trinajstić information content (AvgIpc) is 3.22. The molecule has 0 fully saturated rings. The van der Waals surface area contributed by atoms with Gasteiger partial charge < -0.3 is 10.1 Å². The van der Waals surface area contributed by atoms with Crippen LogP contribution in [0.1, 0.15) is 12.5 Å². The molecule has 136 valence electrons. The number of nitrogens with zero attached hydrogens (tertiary/aromatic N) is 3. The lowest BCUT2D eigenvalue weighted by Gasteiger charge is -2.10. The molecule has 2 heterocycles. The van der Waals surface area contributed by atoms with Crippen molar-refractivity contribution in [2.75, 3.05) is 17.7 Å². The fraction of sp³-hybridized carbons (Fsp3) is 0.158. The van der Waals surface area contributed by atoms with E-state index in [2.05, 4.69) is 20.7 Å². The summed E-state index contributed by atoms with van der Waals surface area (Å²) in [5, 5.41) is 9.85. The number of carbonyl (C=O) groups excluding carboxylic acids is 2. The van der Waals surface area contributed by atoms with E-state index in [-0.39, 0.29) is 18.2 Å². The number of methoxy groups -OCH3 is 1. The molecule has 2 amide bonds. The molecule has 0 spiro atoms. The molecule has 1 aliphatic heterocycles. The number of nitrogens with one attached hydrogen (secondary N) is 2. The first-order chi connectivity index (χ1) is 13.1. The number of benzene rings is 2. The maximum absolute atomic E-state index is 12.4. The van der Waals surface area contributed by atoms with E-state index in [0.29, 0.717) is 23.2 Å². The number of ether oxygens (including phenoxy) is 1. The van der Waals surface area contributed by atoms with Gasteiger partial charge in [-0.25, -0.2) is 4.68 Å². The van der Waals surface area contributed by atoms with Crippen LogP contribution in [0.2, 0.25) is 0 Å². The first kappa shape index (κ1) is 16.8. The van der Waals surface area contributed by atoms with Crippen LogP contribution in [0.25, 0.3) is 11.4 Å². The molecule has 0 radical (unpaired) electrons. The summed E-state index contributed by atoms with van der Waals surface area (Å²) in [7, 11) is 1.58. The Hall–Kier alpha value is -3.68. The SMILES string of the molecule is COc1ccc(NC(=O)CC2C(=O)Nc3nc(-c4ccccc4)nn32)cc1. The van der Waals surface area contributed by atoms with E-state index in [1.165, 1.54) is 4.68 Å². The standard InChI is InChI=1S/C19H17N5O3/c1-27-14-9-7-13(8-10-14)20-16(25)11-15-18(26)22-19-21-17(23-24(15)19)12-5-3-2-4-6-12/h2-10,15H,11H2,1H3,(H,20,25)(H,21,22,23,26). The molecule has 0 saturated heterocycles. The fourth-order valence-electron chi connectivity index (χ4n) is 2.88. The largest absolute Gasteiger partial charge is 0.497 e. The molecule has 4 rings (SSSR count). The fourth-order valence-corrected chi connectivity index (χ4v) is 2.88. The lowest BCUT2D eigenvalue weighted by Crippen LogP contribution is -2.23. The van der Waals surface area contributed by atoms with Crippen molar-refractivity contribution in [3.05, 3.63) is 54.6 Å². The lowest BCUT2D eigenvalue weighted by atomic mass is 10.2. The van der Waals surface area contributed by atoms with Gasteiger partial charge in [-0.1, -0.05) is 30.3 Å². The third-order valence-corrected chi connectivity index (χ3v) is 4.25. The van der Waals surface area contributed by atoms with Crippen LogP contribution < -0.4 is 15.4 Å². The van der Waals surface area contributed by atoms with Gasteiger partial charge in [-0.3, -0.25) is 14.9 Å². The average molecular weight is 363 g/mol. The van der Waals surface area contributed by atoms with Crippen LogP contribution in [-0.2, 0) is 9.59 Å². The minimum Gasteiger partial charge on any atom is -0.497 e. The van der Waals surface area contributed by atoms with Gasteiger partial charge in [0.2, 0.25) is 11.9 Å². The number of hydrogen-bond acceptors (Lipinski definition) is 5. The van der Waals surface area contributed by atoms with Gasteiger partial charge in [0.25, 0.3) is 5.91 Å². The van der Waals surface area contributed by atoms with Crippen LogP contribution in [0, 0.1) is 0 Å². The number of hydrogen-bond donors (Lipinski definition) is 2. The molecular formula is C19H17N5O3. The van der Waals surface area contributed by atoms with Crippen molar-refractivity contribution in [3.8, 4) is 17.1 Å². The minimum absolute atomic E-state index is 0.0392. The number of carbonyl (C=O) groups is 2. The van der Waals surface area contributed by atoms with E-state index in [0.717, 1.165) is 5.56 Å². The molecule has 2 N–H and O–H groups in total. The third kappa shape index (κ3) is 3.37. The summed E-state index contributed by atoms with van der Waals surface area (Å²) in [4.78, 5) is 28.9. The van der Waals surface area contributed by atoms with E-state index in [1.54, 1.807) is 31.4 Å². The van der Waals surface area contributed by atoms with Crippen molar-refractivity contribution < 1.29 is 14.3 Å². The summed E-state index contributed by atoms with van der Waals surface area (Å²) in [6, 6.07) is 15.7. The highest BCUT2D eigenvalue weighted by Crippen LogP contribution is 2.28. The van der Waals surface area contributed by atoms with Gasteiger partial charge in [-0.2, -0.15) is 4.98 Å². The number of amides is 2. The summed E-state index contributed by atoms with van der Waals surface area (Å²) in [6.07, 6.45) is -0.0392. The summed E-state index contributed by atoms with van der Waals surface area (Å²) >= 11 is 0. The zero-order valence-corrected chi connectivity index (χ0v) is 14.5. The van der Waals surface area contributed by atoms with Gasteiger partial charge in [0.15, 0.2) is 5.82 Å². The van der Waals surface area contributed by atoms with Gasteiger partial charge in [0, 0.05) is 11.3 Å². The Bertz CT molecular complexity index is 982. The van der Waals surface area contributed by atoms with Gasteiger partial charge in [-0.05, 0) is 24.3 Å². The zero-order valence-electron chi connectivity index (χ0n) is 14.5. The molecule has 3 aromatic rings. The summed E-state index contributed by atoms with van der Waals surface area (Å²) in [6.45, 7) is 0. The van der Waals surface area contributed by atoms with Gasteiger partial charge >= 0.3 is 0 Å². The van der Waals surface area contributed by atoms with Crippen molar-refractivity contribution >= 4 is 23.5 Å². The maximum atomic E-state index is 12.4. The second kappa shape index (κ2) is 6.91. The third-order valence-electron chi connectivity index (χ3n) is 4.25. The molecule has 27 heavy (non-hydrogen) atoms. The zero-order chi connectivity index (χ0) is 18.8. The Kier molecular flexibility index (Phi) is 4.29. The molecule has 1 aromatic heterocycles. The molecule has 2 aromatic carbocycles. The van der Waals surface area contributed by atoms with Crippen molar-refractivity contribution in [1.82, 2.24) is 14.8 Å². The van der Waals surface area contributed by atoms with E-state index in [9.17, 15) is 9.59 Å². The summed E-state index contributed by atoms with van der Waals surface area (Å²) in [5.41, 5.74) is 1.47. The number of fused-ring (bicyclic) bond motifs is 1. The van der Waals surface area contributed by atoms with Crippen molar-refractivity contribution in [1.29, 1.82) is 0 Å². The number of rotatable bonds is 5. The van der Waals surface area contributed by atoms with Gasteiger partial charge in [-0.15, -0.1) is 5.10 Å². The van der Waals surface area contributed by atoms with Crippen LogP contribution in [-0.4, -0.2) is 33.7 Å². The molecule has 8 heteroatoms. The second-order valence-corrected chi connectivity index (χ2v) is 6.06. The number of aromatic nitrogens is 3. The van der Waals surface area contributed by atoms with E-state index < -0.39 is 6.04 Å². The normalized spacial score (nSPS) is 15.1. The Morgan fingerprint density at radius 2 is 1.93 bits per heavy atom. The van der Waals surface area contributed by atoms with Crippen LogP contribution in [0.4, 0.5) is 11.6 Å². The highest BCUT2D eigenvalue weighted by molar-refractivity contribution is 6.01. The monoisotopic (exact) mass is 363 g/mol. The van der Waals surface area contributed by atoms with E-state index >= 15 is 0 Å². The molecule has 0 saturated carbocycles. The smallest absolute Gasteiger partial charge is 0.252 e. The molecule has 1 aliphatic rings. The Morgan fingerprint density at radius 1 is 1.19 bits per heavy atom. The van der Waals surface area contributed by atoms with Crippen LogP contribution in [0.3, 0.4) is 0 Å². The van der Waals surface area contributed by atoms with E-state index in [1.807, 2.05) is 30.3 Å². The quantitative estimate of drug-likeness (QED) is 0.726. The predicted octanol–water partition coefficient (Wildman–Crippen LogP) is 2.48. The highest BCUT2D eigenvalue weighted by Gasteiger charge is 2.35. The molecule has 1 atom stereocenters. The summed E-state index contributed by atoms with van der Waals surface area (Å²) in [5.74, 6) is 0.968. The number of anilines is 2. The first-order valence-corrected chi connectivity index (χ1v) is 8.41. The summed E-state index contributed by atoms with van der Waals surface area (Å²) < 4.78 is 6.56. The van der Waals surface area contributed by atoms with Crippen LogP contribution in [0.5, 0.6) is 5.75 Å². The van der Waals surface area contributed by atoms with Crippen molar-refractivity contribution in [3.63, 3.8) is 0 Å². The van der Waals surface area contributed by atoms with Crippen LogP contribution in [0.15, 0.2) is 54.6 Å². The topological polar surface area (TPSA) is 98.1 Å². The molecule has 0 bridgehead atoms. The Balaban J connectivity index is 1.49. The van der Waals surface area contributed by atoms with Gasteiger partial charge in [0.1, 0.15) is 11.8 Å². The Morgan fingerprint density at radius 3 is 2.63 bits per heavy atom. The van der Waals surface area contributed by atoms with Crippen LogP contribution >= 0.6 is 0 Å². The maximum Gasteiger partial charge on any atom is 0.252 e. The minimum atomic E-state index is -0.733. The first-order valence-electron chi connectivity index (χ1n) is 8.41. The van der Waals surface area contributed by atoms with E-state index in [4.69, 9.17) is 4.74 Å². The second-order valence-electron chi connectivity index (χ2n) is 6.06. The molecular weight excluding hydrogens is 346 g/mol. The molecule has 0 aliphatic carbocycles. The lowest BCUT2D eigenvalue weighted by molar-refractivity contribution is -0.123. The molecule has 1 unspecified atom stereocenters. The molecule has 8 nitrogen and oxygen atoms in total. The highest BCUT2D eigenvalue weighted by atomic mass is 16.5. The van der Waals surface area contributed by atoms with Gasteiger partial charge in [0.05, 0.1) is 13.5 Å². The van der Waals surface area contributed by atoms with Crippen molar-refractivity contribution in [2.45, 2.75) is 12.5 Å².